The molecule has 0 heterocycles. The van der Waals surface area contributed by atoms with Crippen LogP contribution in [0.1, 0.15) is 31.4 Å². The van der Waals surface area contributed by atoms with Gasteiger partial charge in [0.15, 0.2) is 0 Å². The molecular weight excluding hydrogens is 332 g/mol. The average molecular weight is 350 g/mol. The standard InChI is InChI=1S/C13H18Br2O/c1-9-7-12(16-4)10(8-11(9)15)13(2,3)5-6-14/h7-8H,5-6H2,1-4H3. The molecule has 1 aromatic carbocycles. The third kappa shape index (κ3) is 3.01. The third-order valence-electron chi connectivity index (χ3n) is 2.93. The van der Waals surface area contributed by atoms with Crippen molar-refractivity contribution in [3.63, 3.8) is 0 Å². The van der Waals surface area contributed by atoms with Crippen LogP contribution >= 0.6 is 31.9 Å². The number of aryl methyl sites for hydroxylation is 1. The van der Waals surface area contributed by atoms with Crippen LogP contribution in [0.5, 0.6) is 5.75 Å². The van der Waals surface area contributed by atoms with Gasteiger partial charge in [0.2, 0.25) is 0 Å². The van der Waals surface area contributed by atoms with Crippen molar-refractivity contribution in [3.05, 3.63) is 27.7 Å². The van der Waals surface area contributed by atoms with Gasteiger partial charge in [0.1, 0.15) is 5.75 Å². The lowest BCUT2D eigenvalue weighted by Gasteiger charge is -2.27. The van der Waals surface area contributed by atoms with Crippen LogP contribution in [0.2, 0.25) is 0 Å². The molecule has 3 heteroatoms. The Morgan fingerprint density at radius 1 is 1.31 bits per heavy atom. The molecule has 1 rings (SSSR count). The van der Waals surface area contributed by atoms with Crippen molar-refractivity contribution in [1.29, 1.82) is 0 Å². The zero-order valence-corrected chi connectivity index (χ0v) is 13.4. The molecule has 90 valence electrons. The van der Waals surface area contributed by atoms with Crippen LogP contribution in [0.15, 0.2) is 16.6 Å². The molecule has 0 aliphatic rings. The molecule has 1 aromatic rings. The van der Waals surface area contributed by atoms with E-state index in [0.29, 0.717) is 0 Å². The molecule has 0 N–H and O–H groups in total. The normalized spacial score (nSPS) is 11.6. The van der Waals surface area contributed by atoms with Gasteiger partial charge in [0.25, 0.3) is 0 Å². The Balaban J connectivity index is 3.26. The second kappa shape index (κ2) is 5.54. The molecule has 0 aromatic heterocycles. The smallest absolute Gasteiger partial charge is 0.122 e. The highest BCUT2D eigenvalue weighted by Gasteiger charge is 2.24. The minimum absolute atomic E-state index is 0.116. The Morgan fingerprint density at radius 2 is 1.94 bits per heavy atom. The van der Waals surface area contributed by atoms with Gasteiger partial charge in [-0.05, 0) is 36.5 Å². The molecule has 0 saturated heterocycles. The largest absolute Gasteiger partial charge is 0.496 e. The van der Waals surface area contributed by atoms with E-state index in [2.05, 4.69) is 64.8 Å². The summed E-state index contributed by atoms with van der Waals surface area (Å²) in [5.74, 6) is 0.978. The number of ether oxygens (including phenoxy) is 1. The Morgan fingerprint density at radius 3 is 2.44 bits per heavy atom. The number of hydrogen-bond acceptors (Lipinski definition) is 1. The van der Waals surface area contributed by atoms with E-state index in [1.807, 2.05) is 0 Å². The highest BCUT2D eigenvalue weighted by molar-refractivity contribution is 9.10. The molecule has 0 unspecified atom stereocenters. The highest BCUT2D eigenvalue weighted by atomic mass is 79.9. The van der Waals surface area contributed by atoms with Crippen LogP contribution in [0.4, 0.5) is 0 Å². The van der Waals surface area contributed by atoms with E-state index in [1.165, 1.54) is 11.1 Å². The third-order valence-corrected chi connectivity index (χ3v) is 4.18. The lowest BCUT2D eigenvalue weighted by Crippen LogP contribution is -2.19. The first kappa shape index (κ1) is 14.0. The van der Waals surface area contributed by atoms with Gasteiger partial charge in [-0.1, -0.05) is 45.7 Å². The van der Waals surface area contributed by atoms with Crippen molar-refractivity contribution in [3.8, 4) is 5.75 Å². The summed E-state index contributed by atoms with van der Waals surface area (Å²) in [6, 6.07) is 4.27. The first-order valence-electron chi connectivity index (χ1n) is 5.33. The maximum absolute atomic E-state index is 5.48. The summed E-state index contributed by atoms with van der Waals surface area (Å²) in [4.78, 5) is 0. The molecule has 0 radical (unpaired) electrons. The quantitative estimate of drug-likeness (QED) is 0.707. The number of methoxy groups -OCH3 is 1. The average Bonchev–Trinajstić information content (AvgIpc) is 2.21. The number of hydrogen-bond donors (Lipinski definition) is 0. The fraction of sp³-hybridized carbons (Fsp3) is 0.538. The Hall–Kier alpha value is -0.0200. The van der Waals surface area contributed by atoms with Crippen LogP contribution < -0.4 is 4.74 Å². The summed E-state index contributed by atoms with van der Waals surface area (Å²) in [5, 5.41) is 0.995. The molecule has 0 amide bonds. The van der Waals surface area contributed by atoms with Crippen molar-refractivity contribution in [2.24, 2.45) is 0 Å². The molecule has 0 spiro atoms. The van der Waals surface area contributed by atoms with Crippen molar-refractivity contribution in [2.75, 3.05) is 12.4 Å². The second-order valence-corrected chi connectivity index (χ2v) is 6.27. The molecular formula is C13H18Br2O. The Bertz CT molecular complexity index is 372. The first-order chi connectivity index (χ1) is 7.42. The van der Waals surface area contributed by atoms with Crippen LogP contribution in [0.25, 0.3) is 0 Å². The predicted molar refractivity (Wildman–Crippen MR) is 76.9 cm³/mol. The van der Waals surface area contributed by atoms with E-state index >= 15 is 0 Å². The van der Waals surface area contributed by atoms with Crippen LogP contribution in [0.3, 0.4) is 0 Å². The van der Waals surface area contributed by atoms with Crippen molar-refractivity contribution < 1.29 is 4.74 Å². The van der Waals surface area contributed by atoms with E-state index in [1.54, 1.807) is 7.11 Å². The number of benzene rings is 1. The molecule has 0 fully saturated rings. The van der Waals surface area contributed by atoms with E-state index in [4.69, 9.17) is 4.74 Å². The molecule has 0 bridgehead atoms. The monoisotopic (exact) mass is 348 g/mol. The summed E-state index contributed by atoms with van der Waals surface area (Å²) in [7, 11) is 1.73. The van der Waals surface area contributed by atoms with Gasteiger partial charge in [0, 0.05) is 15.4 Å². The number of rotatable bonds is 4. The van der Waals surface area contributed by atoms with Gasteiger partial charge in [-0.15, -0.1) is 0 Å². The highest BCUT2D eigenvalue weighted by Crippen LogP contribution is 2.37. The van der Waals surface area contributed by atoms with Crippen LogP contribution in [-0.4, -0.2) is 12.4 Å². The minimum atomic E-state index is 0.116. The van der Waals surface area contributed by atoms with Gasteiger partial charge in [-0.2, -0.15) is 0 Å². The maximum atomic E-state index is 5.48. The topological polar surface area (TPSA) is 9.23 Å². The summed E-state index contributed by atoms with van der Waals surface area (Å²) in [6.07, 6.45) is 1.08. The summed E-state index contributed by atoms with van der Waals surface area (Å²) >= 11 is 7.10. The van der Waals surface area contributed by atoms with Crippen molar-refractivity contribution in [1.82, 2.24) is 0 Å². The SMILES string of the molecule is COc1cc(C)c(Br)cc1C(C)(C)CCBr. The summed E-state index contributed by atoms with van der Waals surface area (Å²) in [6.45, 7) is 6.57. The molecule has 0 atom stereocenters. The molecule has 0 aliphatic carbocycles. The van der Waals surface area contributed by atoms with Gasteiger partial charge in [0.05, 0.1) is 7.11 Å². The van der Waals surface area contributed by atoms with Gasteiger partial charge in [-0.25, -0.2) is 0 Å². The number of halogens is 2. The predicted octanol–water partition coefficient (Wildman–Crippen LogP) is 4.83. The van der Waals surface area contributed by atoms with Gasteiger partial charge in [-0.3, -0.25) is 0 Å². The van der Waals surface area contributed by atoms with E-state index in [9.17, 15) is 0 Å². The van der Waals surface area contributed by atoms with E-state index in [-0.39, 0.29) is 5.41 Å². The first-order valence-corrected chi connectivity index (χ1v) is 7.24. The van der Waals surface area contributed by atoms with Gasteiger partial charge < -0.3 is 4.74 Å². The molecule has 1 nitrogen and oxygen atoms in total. The van der Waals surface area contributed by atoms with Gasteiger partial charge >= 0.3 is 0 Å². The fourth-order valence-corrected chi connectivity index (χ4v) is 3.06. The Labute approximate surface area is 115 Å². The lowest BCUT2D eigenvalue weighted by atomic mass is 9.81. The molecule has 0 aliphatic heterocycles. The lowest BCUT2D eigenvalue weighted by molar-refractivity contribution is 0.389. The summed E-state index contributed by atoms with van der Waals surface area (Å²) < 4.78 is 6.62. The van der Waals surface area contributed by atoms with E-state index in [0.717, 1.165) is 22.0 Å². The fourth-order valence-electron chi connectivity index (χ4n) is 1.72. The van der Waals surface area contributed by atoms with Crippen molar-refractivity contribution >= 4 is 31.9 Å². The van der Waals surface area contributed by atoms with E-state index < -0.39 is 0 Å². The summed E-state index contributed by atoms with van der Waals surface area (Å²) in [5.41, 5.74) is 2.58. The Kier molecular flexibility index (Phi) is 4.87. The second-order valence-electron chi connectivity index (χ2n) is 4.62. The zero-order valence-electron chi connectivity index (χ0n) is 10.2. The minimum Gasteiger partial charge on any atom is -0.496 e. The maximum Gasteiger partial charge on any atom is 0.122 e. The van der Waals surface area contributed by atoms with Crippen LogP contribution in [-0.2, 0) is 5.41 Å². The molecule has 0 saturated carbocycles. The number of alkyl halides is 1. The zero-order chi connectivity index (χ0) is 12.3. The molecule has 16 heavy (non-hydrogen) atoms. The van der Waals surface area contributed by atoms with Crippen molar-refractivity contribution in [2.45, 2.75) is 32.6 Å². The van der Waals surface area contributed by atoms with Crippen LogP contribution in [0, 0.1) is 6.92 Å².